The summed E-state index contributed by atoms with van der Waals surface area (Å²) in [6.07, 6.45) is 5.38. The Bertz CT molecular complexity index is 257. The van der Waals surface area contributed by atoms with Crippen LogP contribution >= 0.6 is 0 Å². The minimum Gasteiger partial charge on any atom is -0.481 e. The van der Waals surface area contributed by atoms with Crippen molar-refractivity contribution in [2.45, 2.75) is 45.4 Å². The fourth-order valence-corrected chi connectivity index (χ4v) is 2.57. The van der Waals surface area contributed by atoms with Crippen molar-refractivity contribution in [2.75, 3.05) is 0 Å². The second-order valence-electron chi connectivity index (χ2n) is 4.59. The summed E-state index contributed by atoms with van der Waals surface area (Å²) in [6.45, 7) is 2.09. The summed E-state index contributed by atoms with van der Waals surface area (Å²) in [4.78, 5) is 10.5. The topological polar surface area (TPSA) is 61.1 Å². The van der Waals surface area contributed by atoms with E-state index in [1.165, 1.54) is 6.42 Å². The average molecular weight is 209 g/mol. The molecule has 3 heteroatoms. The molecule has 0 radical (unpaired) electrons. The molecular weight excluding hydrogens is 190 g/mol. The van der Waals surface area contributed by atoms with Gasteiger partial charge < -0.3 is 5.11 Å². The number of hydrogen-bond donors (Lipinski definition) is 1. The molecule has 84 valence electrons. The molecule has 1 fully saturated rings. The van der Waals surface area contributed by atoms with Crippen molar-refractivity contribution < 1.29 is 9.90 Å². The molecule has 0 aliphatic heterocycles. The fraction of sp³-hybridized carbons (Fsp3) is 0.833. The van der Waals surface area contributed by atoms with Crippen molar-refractivity contribution in [3.8, 4) is 6.07 Å². The molecule has 15 heavy (non-hydrogen) atoms. The highest BCUT2D eigenvalue weighted by Gasteiger charge is 2.29. The first-order chi connectivity index (χ1) is 7.15. The van der Waals surface area contributed by atoms with E-state index in [0.717, 1.165) is 19.3 Å². The SMILES string of the molecule is CC(CCC(=O)O)C1CCCCC1C#N. The van der Waals surface area contributed by atoms with E-state index in [9.17, 15) is 4.79 Å². The van der Waals surface area contributed by atoms with Gasteiger partial charge in [0.15, 0.2) is 0 Å². The molecule has 0 heterocycles. The summed E-state index contributed by atoms with van der Waals surface area (Å²) in [5.41, 5.74) is 0. The van der Waals surface area contributed by atoms with Crippen molar-refractivity contribution in [3.63, 3.8) is 0 Å². The summed E-state index contributed by atoms with van der Waals surface area (Å²) in [7, 11) is 0. The van der Waals surface area contributed by atoms with E-state index in [4.69, 9.17) is 10.4 Å². The number of rotatable bonds is 4. The lowest BCUT2D eigenvalue weighted by atomic mass is 9.72. The number of nitrogens with zero attached hydrogens (tertiary/aromatic N) is 1. The Morgan fingerprint density at radius 2 is 2.20 bits per heavy atom. The molecule has 0 amide bonds. The van der Waals surface area contributed by atoms with Gasteiger partial charge in [-0.05, 0) is 31.1 Å². The van der Waals surface area contributed by atoms with Gasteiger partial charge in [-0.3, -0.25) is 4.79 Å². The number of nitriles is 1. The maximum Gasteiger partial charge on any atom is 0.303 e. The summed E-state index contributed by atoms with van der Waals surface area (Å²) < 4.78 is 0. The van der Waals surface area contributed by atoms with E-state index in [2.05, 4.69) is 13.0 Å². The van der Waals surface area contributed by atoms with Gasteiger partial charge in [0.2, 0.25) is 0 Å². The molecule has 0 spiro atoms. The molecule has 1 rings (SSSR count). The standard InChI is InChI=1S/C12H19NO2/c1-9(6-7-12(14)15)11-5-3-2-4-10(11)8-13/h9-11H,2-7H2,1H3,(H,14,15). The molecule has 3 nitrogen and oxygen atoms in total. The Morgan fingerprint density at radius 3 is 2.80 bits per heavy atom. The van der Waals surface area contributed by atoms with Gasteiger partial charge in [0.1, 0.15) is 0 Å². The number of aliphatic carboxylic acids is 1. The van der Waals surface area contributed by atoms with Crippen molar-refractivity contribution in [3.05, 3.63) is 0 Å². The van der Waals surface area contributed by atoms with E-state index >= 15 is 0 Å². The lowest BCUT2D eigenvalue weighted by molar-refractivity contribution is -0.137. The highest BCUT2D eigenvalue weighted by atomic mass is 16.4. The number of hydrogen-bond acceptors (Lipinski definition) is 2. The van der Waals surface area contributed by atoms with Crippen LogP contribution in [-0.4, -0.2) is 11.1 Å². The number of carbonyl (C=O) groups is 1. The predicted molar refractivity (Wildman–Crippen MR) is 57.1 cm³/mol. The number of carboxylic acids is 1. The minimum absolute atomic E-state index is 0.155. The smallest absolute Gasteiger partial charge is 0.303 e. The molecule has 0 aromatic heterocycles. The Hall–Kier alpha value is -1.04. The van der Waals surface area contributed by atoms with E-state index in [1.807, 2.05) is 0 Å². The average Bonchev–Trinajstić information content (AvgIpc) is 2.25. The summed E-state index contributed by atoms with van der Waals surface area (Å²) in [6, 6.07) is 2.38. The molecule has 1 aliphatic rings. The maximum absolute atomic E-state index is 10.5. The molecular formula is C12H19NO2. The fourth-order valence-electron chi connectivity index (χ4n) is 2.57. The molecule has 1 saturated carbocycles. The quantitative estimate of drug-likeness (QED) is 0.774. The molecule has 0 aromatic rings. The molecule has 1 N–H and O–H groups in total. The van der Waals surface area contributed by atoms with Crippen LogP contribution in [0.4, 0.5) is 0 Å². The monoisotopic (exact) mass is 209 g/mol. The van der Waals surface area contributed by atoms with Crippen LogP contribution in [0.5, 0.6) is 0 Å². The maximum atomic E-state index is 10.5. The van der Waals surface area contributed by atoms with Crippen molar-refractivity contribution in [1.82, 2.24) is 0 Å². The second-order valence-corrected chi connectivity index (χ2v) is 4.59. The van der Waals surface area contributed by atoms with Crippen molar-refractivity contribution in [1.29, 1.82) is 5.26 Å². The molecule has 3 atom stereocenters. The Morgan fingerprint density at radius 1 is 1.53 bits per heavy atom. The van der Waals surface area contributed by atoms with Gasteiger partial charge >= 0.3 is 5.97 Å². The van der Waals surface area contributed by atoms with Crippen molar-refractivity contribution >= 4 is 5.97 Å². The molecule has 0 bridgehead atoms. The molecule has 1 aliphatic carbocycles. The molecule has 3 unspecified atom stereocenters. The Kier molecular flexibility index (Phi) is 4.61. The first kappa shape index (κ1) is 12.0. The van der Waals surface area contributed by atoms with E-state index in [1.54, 1.807) is 0 Å². The lowest BCUT2D eigenvalue weighted by Crippen LogP contribution is -2.24. The van der Waals surface area contributed by atoms with Gasteiger partial charge in [-0.2, -0.15) is 5.26 Å². The van der Waals surface area contributed by atoms with Crippen LogP contribution in [0.2, 0.25) is 0 Å². The highest BCUT2D eigenvalue weighted by molar-refractivity contribution is 5.66. The van der Waals surface area contributed by atoms with Gasteiger partial charge in [-0.25, -0.2) is 0 Å². The number of carboxylic acid groups (broad SMARTS) is 1. The van der Waals surface area contributed by atoms with Gasteiger partial charge in [0, 0.05) is 12.3 Å². The van der Waals surface area contributed by atoms with Gasteiger partial charge in [-0.1, -0.05) is 19.8 Å². The van der Waals surface area contributed by atoms with Crippen LogP contribution in [-0.2, 0) is 4.79 Å². The van der Waals surface area contributed by atoms with Gasteiger partial charge in [0.05, 0.1) is 6.07 Å². The van der Waals surface area contributed by atoms with Crippen LogP contribution in [0.15, 0.2) is 0 Å². The second kappa shape index (κ2) is 5.75. The van der Waals surface area contributed by atoms with Crippen LogP contribution in [0, 0.1) is 29.1 Å². The summed E-state index contributed by atoms with van der Waals surface area (Å²) in [5, 5.41) is 17.6. The summed E-state index contributed by atoms with van der Waals surface area (Å²) >= 11 is 0. The first-order valence-corrected chi connectivity index (χ1v) is 5.76. The van der Waals surface area contributed by atoms with E-state index in [0.29, 0.717) is 18.3 Å². The largest absolute Gasteiger partial charge is 0.481 e. The Balaban J connectivity index is 2.45. The van der Waals surface area contributed by atoms with E-state index in [-0.39, 0.29) is 12.3 Å². The van der Waals surface area contributed by atoms with Crippen molar-refractivity contribution in [2.24, 2.45) is 17.8 Å². The van der Waals surface area contributed by atoms with Crippen LogP contribution in [0.3, 0.4) is 0 Å². The Labute approximate surface area is 91.1 Å². The predicted octanol–water partition coefficient (Wildman–Crippen LogP) is 2.82. The zero-order chi connectivity index (χ0) is 11.3. The zero-order valence-corrected chi connectivity index (χ0v) is 9.28. The van der Waals surface area contributed by atoms with Gasteiger partial charge in [-0.15, -0.1) is 0 Å². The third kappa shape index (κ3) is 3.54. The summed E-state index contributed by atoms with van der Waals surface area (Å²) in [5.74, 6) is 0.211. The van der Waals surface area contributed by atoms with Gasteiger partial charge in [0.25, 0.3) is 0 Å². The first-order valence-electron chi connectivity index (χ1n) is 5.76. The minimum atomic E-state index is -0.730. The zero-order valence-electron chi connectivity index (χ0n) is 9.28. The normalized spacial score (nSPS) is 28.0. The lowest BCUT2D eigenvalue weighted by Gasteiger charge is -2.31. The van der Waals surface area contributed by atoms with Crippen LogP contribution in [0.1, 0.15) is 45.4 Å². The third-order valence-electron chi connectivity index (χ3n) is 3.53. The molecule has 0 aromatic carbocycles. The third-order valence-corrected chi connectivity index (χ3v) is 3.53. The van der Waals surface area contributed by atoms with Crippen LogP contribution in [0.25, 0.3) is 0 Å². The highest BCUT2D eigenvalue weighted by Crippen LogP contribution is 2.36. The van der Waals surface area contributed by atoms with Crippen LogP contribution < -0.4 is 0 Å². The van der Waals surface area contributed by atoms with E-state index < -0.39 is 5.97 Å². The molecule has 0 saturated heterocycles.